The molecule has 0 N–H and O–H groups in total. The Hall–Kier alpha value is -1.81. The molecule has 1 aliphatic rings. The molecule has 9 heteroatoms. The maximum atomic E-state index is 4.59. The molecule has 0 saturated heterocycles. The van der Waals surface area contributed by atoms with Crippen molar-refractivity contribution in [3.8, 4) is 20.9 Å². The molecule has 3 aromatic heterocycles. The second kappa shape index (κ2) is 5.35. The number of aromatic nitrogens is 3. The third kappa shape index (κ3) is 2.05. The Balaban J connectivity index is 1.92. The van der Waals surface area contributed by atoms with E-state index in [-0.39, 0.29) is 0 Å². The number of aryl methyl sites for hydroxylation is 2. The van der Waals surface area contributed by atoms with E-state index in [0.717, 1.165) is 48.3 Å². The SMILES string of the molecule is Cc1ccc(-c2c3c(c(-c4cnc(C)s4)c4nsnc24)N=S=N3)s1. The van der Waals surface area contributed by atoms with Crippen molar-refractivity contribution in [2.75, 3.05) is 0 Å². The van der Waals surface area contributed by atoms with Crippen molar-refractivity contribution in [1.29, 1.82) is 0 Å². The quantitative estimate of drug-likeness (QED) is 0.379. The van der Waals surface area contributed by atoms with Crippen molar-refractivity contribution >= 4 is 68.2 Å². The minimum atomic E-state index is 0.893. The molecule has 5 rings (SSSR count). The summed E-state index contributed by atoms with van der Waals surface area (Å²) in [6.45, 7) is 4.11. The maximum Gasteiger partial charge on any atom is 0.116 e. The van der Waals surface area contributed by atoms with Crippen LogP contribution in [0.2, 0.25) is 0 Å². The molecule has 0 saturated carbocycles. The van der Waals surface area contributed by atoms with Crippen LogP contribution in [0.15, 0.2) is 27.1 Å². The molecule has 0 unspecified atom stereocenters. The summed E-state index contributed by atoms with van der Waals surface area (Å²) < 4.78 is 18.3. The van der Waals surface area contributed by atoms with Crippen molar-refractivity contribution in [3.63, 3.8) is 0 Å². The fraction of sp³-hybridized carbons (Fsp3) is 0.133. The van der Waals surface area contributed by atoms with Crippen LogP contribution in [0, 0.1) is 13.8 Å². The van der Waals surface area contributed by atoms with Crippen LogP contribution in [-0.4, -0.2) is 13.7 Å². The van der Waals surface area contributed by atoms with Crippen LogP contribution in [0.5, 0.6) is 0 Å². The van der Waals surface area contributed by atoms with Crippen LogP contribution < -0.4 is 0 Å². The van der Waals surface area contributed by atoms with Crippen LogP contribution in [0.3, 0.4) is 0 Å². The molecule has 5 nitrogen and oxygen atoms in total. The monoisotopic (exact) mass is 387 g/mol. The van der Waals surface area contributed by atoms with Crippen LogP contribution in [0.25, 0.3) is 31.9 Å². The van der Waals surface area contributed by atoms with E-state index in [1.165, 1.54) is 28.0 Å². The smallest absolute Gasteiger partial charge is 0.116 e. The highest BCUT2D eigenvalue weighted by atomic mass is 32.1. The molecule has 0 atom stereocenters. The van der Waals surface area contributed by atoms with Gasteiger partial charge in [0.15, 0.2) is 0 Å². The first kappa shape index (κ1) is 14.5. The third-order valence-electron chi connectivity index (χ3n) is 3.78. The summed E-state index contributed by atoms with van der Waals surface area (Å²) in [5.74, 6) is 0. The van der Waals surface area contributed by atoms with Crippen LogP contribution in [-0.2, 0) is 11.4 Å². The van der Waals surface area contributed by atoms with Crippen LogP contribution in [0.4, 0.5) is 11.4 Å². The lowest BCUT2D eigenvalue weighted by molar-refractivity contribution is 1.30. The van der Waals surface area contributed by atoms with Crippen molar-refractivity contribution in [1.82, 2.24) is 13.7 Å². The van der Waals surface area contributed by atoms with Crippen LogP contribution in [0.1, 0.15) is 9.88 Å². The first-order valence-corrected chi connectivity index (χ1v) is 10.2. The van der Waals surface area contributed by atoms with E-state index in [1.807, 2.05) is 13.1 Å². The first-order valence-electron chi connectivity index (χ1n) is 7.12. The van der Waals surface area contributed by atoms with Gasteiger partial charge in [-0.05, 0) is 26.0 Å². The van der Waals surface area contributed by atoms with Gasteiger partial charge in [0.05, 0.1) is 38.5 Å². The molecule has 1 aliphatic heterocycles. The molecular formula is C15H9N5S4. The van der Waals surface area contributed by atoms with E-state index in [9.17, 15) is 0 Å². The summed E-state index contributed by atoms with van der Waals surface area (Å²) in [6, 6.07) is 4.25. The van der Waals surface area contributed by atoms with Gasteiger partial charge in [0.1, 0.15) is 22.4 Å². The van der Waals surface area contributed by atoms with Gasteiger partial charge in [-0.25, -0.2) is 4.98 Å². The van der Waals surface area contributed by atoms with Crippen molar-refractivity contribution in [2.45, 2.75) is 13.8 Å². The van der Waals surface area contributed by atoms with Gasteiger partial charge in [0.2, 0.25) is 0 Å². The lowest BCUT2D eigenvalue weighted by Crippen LogP contribution is -1.85. The van der Waals surface area contributed by atoms with Gasteiger partial charge in [-0.2, -0.15) is 17.5 Å². The number of benzene rings is 1. The van der Waals surface area contributed by atoms with Crippen molar-refractivity contribution < 1.29 is 0 Å². The summed E-state index contributed by atoms with van der Waals surface area (Å²) in [5.41, 5.74) is 5.65. The number of thiazole rings is 1. The average Bonchev–Trinajstić information content (AvgIpc) is 3.31. The average molecular weight is 388 g/mol. The fourth-order valence-electron chi connectivity index (χ4n) is 2.77. The molecular weight excluding hydrogens is 378 g/mol. The Bertz CT molecular complexity index is 1090. The molecule has 4 heterocycles. The highest BCUT2D eigenvalue weighted by Crippen LogP contribution is 2.53. The number of fused-ring (bicyclic) bond motifs is 2. The highest BCUT2D eigenvalue weighted by molar-refractivity contribution is 7.58. The van der Waals surface area contributed by atoms with Gasteiger partial charge < -0.3 is 0 Å². The molecule has 24 heavy (non-hydrogen) atoms. The fourth-order valence-corrected chi connectivity index (χ4v) is 5.63. The lowest BCUT2D eigenvalue weighted by atomic mass is 10.0. The van der Waals surface area contributed by atoms with E-state index < -0.39 is 0 Å². The van der Waals surface area contributed by atoms with Gasteiger partial charge in [-0.3, -0.25) is 0 Å². The van der Waals surface area contributed by atoms with E-state index in [1.54, 1.807) is 22.7 Å². The Morgan fingerprint density at radius 3 is 2.12 bits per heavy atom. The molecule has 118 valence electrons. The second-order valence-corrected chi connectivity index (χ2v) is 8.91. The van der Waals surface area contributed by atoms with Crippen molar-refractivity contribution in [2.24, 2.45) is 8.73 Å². The summed E-state index contributed by atoms with van der Waals surface area (Å²) in [5, 5.41) is 1.02. The number of hydrogen-bond acceptors (Lipinski definition) is 8. The normalized spacial score (nSPS) is 12.8. The Kier molecular flexibility index (Phi) is 3.24. The molecule has 0 bridgehead atoms. The molecule has 1 aromatic carbocycles. The lowest BCUT2D eigenvalue weighted by Gasteiger charge is -2.09. The molecule has 0 fully saturated rings. The van der Waals surface area contributed by atoms with Crippen LogP contribution >= 0.6 is 34.4 Å². The number of hydrogen-bond donors (Lipinski definition) is 0. The summed E-state index contributed by atoms with van der Waals surface area (Å²) in [4.78, 5) is 7.88. The first-order chi connectivity index (χ1) is 11.7. The van der Waals surface area contributed by atoms with E-state index in [4.69, 9.17) is 0 Å². The van der Waals surface area contributed by atoms with Gasteiger partial charge in [-0.1, -0.05) is 0 Å². The van der Waals surface area contributed by atoms with Gasteiger partial charge in [-0.15, -0.1) is 22.7 Å². The maximum absolute atomic E-state index is 4.59. The van der Waals surface area contributed by atoms with Gasteiger partial charge >= 0.3 is 0 Å². The minimum absolute atomic E-state index is 0.893. The summed E-state index contributed by atoms with van der Waals surface area (Å²) in [7, 11) is 0. The number of rotatable bonds is 2. The highest BCUT2D eigenvalue weighted by Gasteiger charge is 2.27. The summed E-state index contributed by atoms with van der Waals surface area (Å²) >= 11 is 5.87. The second-order valence-electron chi connectivity index (χ2n) is 5.33. The standard InChI is InChI=1S/C15H9N5S4/c1-6-3-4-8(21-6)10-12-14(19-23-17-12)11(9-5-16-7(2)22-9)15-13(10)18-24-20-15/h3-5H,1-2H3. The predicted octanol–water partition coefficient (Wildman–Crippen LogP) is 5.89. The Morgan fingerprint density at radius 1 is 0.833 bits per heavy atom. The van der Waals surface area contributed by atoms with E-state index in [0.29, 0.717) is 0 Å². The minimum Gasteiger partial charge on any atom is -0.249 e. The van der Waals surface area contributed by atoms with E-state index >= 15 is 0 Å². The topological polar surface area (TPSA) is 63.4 Å². The molecule has 0 amide bonds. The largest absolute Gasteiger partial charge is 0.249 e. The zero-order valence-corrected chi connectivity index (χ0v) is 15.9. The molecule has 0 radical (unpaired) electrons. The predicted molar refractivity (Wildman–Crippen MR) is 103 cm³/mol. The Labute approximate surface area is 153 Å². The number of nitrogens with zero attached hydrogens (tertiary/aromatic N) is 5. The number of thiophene rings is 1. The Morgan fingerprint density at radius 2 is 1.54 bits per heavy atom. The zero-order chi connectivity index (χ0) is 16.3. The van der Waals surface area contributed by atoms with E-state index in [2.05, 4.69) is 41.5 Å². The van der Waals surface area contributed by atoms with Gasteiger partial charge in [0, 0.05) is 21.5 Å². The third-order valence-corrected chi connectivity index (χ3v) is 6.78. The summed E-state index contributed by atoms with van der Waals surface area (Å²) in [6.07, 6.45) is 1.89. The van der Waals surface area contributed by atoms with Crippen molar-refractivity contribution in [3.05, 3.63) is 28.2 Å². The zero-order valence-electron chi connectivity index (χ0n) is 12.6. The molecule has 0 spiro atoms. The molecule has 0 aliphatic carbocycles. The van der Waals surface area contributed by atoms with Gasteiger partial charge in [0.25, 0.3) is 0 Å². The molecule has 4 aromatic rings.